The zero-order valence-electron chi connectivity index (χ0n) is 11.2. The number of Topliss-reactive ketones (excluding diaryl/α,β-unsaturated/α-hetero) is 1. The highest BCUT2D eigenvalue weighted by Gasteiger charge is 2.15. The van der Waals surface area contributed by atoms with Crippen LogP contribution in [0.1, 0.15) is 39.0 Å². The second kappa shape index (κ2) is 9.59. The molecule has 0 saturated carbocycles. The Labute approximate surface area is 118 Å². The number of ether oxygens (including phenoxy) is 1. The Balaban J connectivity index is 2.43. The quantitative estimate of drug-likeness (QED) is 0.471. The third kappa shape index (κ3) is 6.57. The number of hydrogen-bond donors (Lipinski definition) is 0. The fourth-order valence-corrected chi connectivity index (χ4v) is 4.07. The standard InChI is InChI=1S/C14H22O2S2/c1-3-6-12(15)11-13(7-4-9-16-2)18-14-8-5-10-17-14/h5,8,10,13H,3-4,6-7,9,11H2,1-2H3. The van der Waals surface area contributed by atoms with Gasteiger partial charge in [0, 0.05) is 31.8 Å². The highest BCUT2D eigenvalue weighted by atomic mass is 32.2. The molecule has 102 valence electrons. The Morgan fingerprint density at radius 2 is 2.39 bits per heavy atom. The molecule has 0 aliphatic carbocycles. The molecule has 0 fully saturated rings. The van der Waals surface area contributed by atoms with E-state index in [4.69, 9.17) is 4.74 Å². The fraction of sp³-hybridized carbons (Fsp3) is 0.643. The maximum Gasteiger partial charge on any atom is 0.134 e. The number of carbonyl (C=O) groups excluding carboxylic acids is 1. The first-order valence-corrected chi connectivity index (χ1v) is 8.23. The van der Waals surface area contributed by atoms with Crippen LogP contribution in [0.4, 0.5) is 0 Å². The molecule has 0 saturated heterocycles. The Kier molecular flexibility index (Phi) is 8.38. The molecule has 1 unspecified atom stereocenters. The second-order valence-electron chi connectivity index (χ2n) is 4.30. The monoisotopic (exact) mass is 286 g/mol. The largest absolute Gasteiger partial charge is 0.385 e. The van der Waals surface area contributed by atoms with Crippen LogP contribution in [-0.2, 0) is 9.53 Å². The van der Waals surface area contributed by atoms with Crippen molar-refractivity contribution in [3.05, 3.63) is 17.5 Å². The molecule has 0 amide bonds. The number of carbonyl (C=O) groups is 1. The molecule has 0 aliphatic rings. The van der Waals surface area contributed by atoms with Gasteiger partial charge in [0.2, 0.25) is 0 Å². The molecule has 1 atom stereocenters. The summed E-state index contributed by atoms with van der Waals surface area (Å²) in [4.78, 5) is 11.8. The van der Waals surface area contributed by atoms with E-state index in [1.807, 2.05) is 11.8 Å². The molecule has 0 radical (unpaired) electrons. The average molecular weight is 286 g/mol. The van der Waals surface area contributed by atoms with Crippen LogP contribution >= 0.6 is 23.1 Å². The molecule has 0 spiro atoms. The van der Waals surface area contributed by atoms with Gasteiger partial charge in [-0.1, -0.05) is 13.0 Å². The Bertz CT molecular complexity index is 323. The SMILES string of the molecule is CCCC(=O)CC(CCCOC)Sc1cccs1. The molecular formula is C14H22O2S2. The van der Waals surface area contributed by atoms with Gasteiger partial charge in [0.15, 0.2) is 0 Å². The van der Waals surface area contributed by atoms with Crippen molar-refractivity contribution in [2.45, 2.75) is 48.5 Å². The molecule has 2 nitrogen and oxygen atoms in total. The highest BCUT2D eigenvalue weighted by molar-refractivity contribution is 8.01. The number of ketones is 1. The van der Waals surface area contributed by atoms with Crippen molar-refractivity contribution in [2.24, 2.45) is 0 Å². The van der Waals surface area contributed by atoms with Gasteiger partial charge < -0.3 is 4.74 Å². The van der Waals surface area contributed by atoms with Gasteiger partial charge >= 0.3 is 0 Å². The lowest BCUT2D eigenvalue weighted by Gasteiger charge is -2.14. The van der Waals surface area contributed by atoms with Crippen molar-refractivity contribution in [1.82, 2.24) is 0 Å². The first-order chi connectivity index (χ1) is 8.76. The molecule has 4 heteroatoms. The van der Waals surface area contributed by atoms with E-state index in [0.29, 0.717) is 23.9 Å². The van der Waals surface area contributed by atoms with E-state index in [9.17, 15) is 4.79 Å². The van der Waals surface area contributed by atoms with Crippen LogP contribution in [0.3, 0.4) is 0 Å². The van der Waals surface area contributed by atoms with Crippen molar-refractivity contribution in [1.29, 1.82) is 0 Å². The highest BCUT2D eigenvalue weighted by Crippen LogP contribution is 2.32. The number of hydrogen-bond acceptors (Lipinski definition) is 4. The van der Waals surface area contributed by atoms with Crippen molar-refractivity contribution in [3.8, 4) is 0 Å². The summed E-state index contributed by atoms with van der Waals surface area (Å²) in [6.07, 6.45) is 4.43. The van der Waals surface area contributed by atoms with Gasteiger partial charge in [-0.3, -0.25) is 4.79 Å². The number of rotatable bonds is 10. The van der Waals surface area contributed by atoms with Gasteiger partial charge in [0.1, 0.15) is 5.78 Å². The summed E-state index contributed by atoms with van der Waals surface area (Å²) in [5, 5.41) is 2.49. The minimum Gasteiger partial charge on any atom is -0.385 e. The number of methoxy groups -OCH3 is 1. The van der Waals surface area contributed by atoms with Crippen LogP contribution in [-0.4, -0.2) is 24.7 Å². The summed E-state index contributed by atoms with van der Waals surface area (Å²) in [6, 6.07) is 4.19. The molecule has 1 heterocycles. The summed E-state index contributed by atoms with van der Waals surface area (Å²) < 4.78 is 6.40. The predicted molar refractivity (Wildman–Crippen MR) is 79.6 cm³/mol. The first-order valence-electron chi connectivity index (χ1n) is 6.47. The zero-order chi connectivity index (χ0) is 13.2. The van der Waals surface area contributed by atoms with Gasteiger partial charge in [-0.25, -0.2) is 0 Å². The lowest BCUT2D eigenvalue weighted by Crippen LogP contribution is -2.11. The third-order valence-corrected chi connectivity index (χ3v) is 4.98. The fourth-order valence-electron chi connectivity index (χ4n) is 1.79. The average Bonchev–Trinajstić information content (AvgIpc) is 2.82. The van der Waals surface area contributed by atoms with E-state index >= 15 is 0 Å². The molecule has 1 aromatic rings. The summed E-state index contributed by atoms with van der Waals surface area (Å²) in [5.41, 5.74) is 0. The lowest BCUT2D eigenvalue weighted by molar-refractivity contribution is -0.119. The smallest absolute Gasteiger partial charge is 0.134 e. The van der Waals surface area contributed by atoms with Crippen LogP contribution in [0.5, 0.6) is 0 Å². The van der Waals surface area contributed by atoms with Crippen molar-refractivity contribution < 1.29 is 9.53 Å². The molecule has 1 rings (SSSR count). The number of thioether (sulfide) groups is 1. The van der Waals surface area contributed by atoms with Crippen molar-refractivity contribution in [2.75, 3.05) is 13.7 Å². The van der Waals surface area contributed by atoms with Gasteiger partial charge in [-0.05, 0) is 30.7 Å². The van der Waals surface area contributed by atoms with Crippen LogP contribution in [0, 0.1) is 0 Å². The molecule has 18 heavy (non-hydrogen) atoms. The third-order valence-electron chi connectivity index (χ3n) is 2.64. The van der Waals surface area contributed by atoms with E-state index in [1.54, 1.807) is 18.4 Å². The lowest BCUT2D eigenvalue weighted by atomic mass is 10.1. The van der Waals surface area contributed by atoms with Crippen LogP contribution < -0.4 is 0 Å². The molecule has 0 aliphatic heterocycles. The molecule has 0 bridgehead atoms. The Hall–Kier alpha value is -0.320. The second-order valence-corrected chi connectivity index (χ2v) is 6.85. The Morgan fingerprint density at radius 1 is 1.56 bits per heavy atom. The number of thiophene rings is 1. The zero-order valence-corrected chi connectivity index (χ0v) is 12.8. The van der Waals surface area contributed by atoms with E-state index in [1.165, 1.54) is 4.21 Å². The van der Waals surface area contributed by atoms with E-state index in [2.05, 4.69) is 24.4 Å². The normalized spacial score (nSPS) is 12.6. The minimum atomic E-state index is 0.393. The summed E-state index contributed by atoms with van der Waals surface area (Å²) in [6.45, 7) is 2.84. The molecule has 0 N–H and O–H groups in total. The molecular weight excluding hydrogens is 264 g/mol. The van der Waals surface area contributed by atoms with E-state index in [0.717, 1.165) is 25.9 Å². The van der Waals surface area contributed by atoms with Gasteiger partial charge in [-0.2, -0.15) is 0 Å². The maximum atomic E-state index is 11.8. The van der Waals surface area contributed by atoms with Crippen LogP contribution in [0.2, 0.25) is 0 Å². The van der Waals surface area contributed by atoms with Gasteiger partial charge in [0.05, 0.1) is 4.21 Å². The summed E-state index contributed by atoms with van der Waals surface area (Å²) in [7, 11) is 1.73. The Morgan fingerprint density at radius 3 is 3.00 bits per heavy atom. The van der Waals surface area contributed by atoms with Crippen LogP contribution in [0.15, 0.2) is 21.7 Å². The molecule has 1 aromatic heterocycles. The van der Waals surface area contributed by atoms with Crippen molar-refractivity contribution in [3.63, 3.8) is 0 Å². The van der Waals surface area contributed by atoms with Crippen LogP contribution in [0.25, 0.3) is 0 Å². The topological polar surface area (TPSA) is 26.3 Å². The first kappa shape index (κ1) is 15.7. The molecule has 0 aromatic carbocycles. The summed E-state index contributed by atoms with van der Waals surface area (Å²) in [5.74, 6) is 0.393. The maximum absolute atomic E-state index is 11.8. The van der Waals surface area contributed by atoms with E-state index in [-0.39, 0.29) is 0 Å². The van der Waals surface area contributed by atoms with Crippen molar-refractivity contribution >= 4 is 28.9 Å². The van der Waals surface area contributed by atoms with E-state index < -0.39 is 0 Å². The minimum absolute atomic E-state index is 0.393. The summed E-state index contributed by atoms with van der Waals surface area (Å²) >= 11 is 3.59. The van der Waals surface area contributed by atoms with Gasteiger partial charge in [0.25, 0.3) is 0 Å². The predicted octanol–water partition coefficient (Wildman–Crippen LogP) is 4.39. The van der Waals surface area contributed by atoms with Gasteiger partial charge in [-0.15, -0.1) is 23.1 Å².